The Morgan fingerprint density at radius 2 is 1.93 bits per heavy atom. The Bertz CT molecular complexity index is 260. The molecule has 0 amide bonds. The number of piperidine rings is 1. The summed E-state index contributed by atoms with van der Waals surface area (Å²) in [6, 6.07) is -0.193. The Hall–Kier alpha value is -0.170. The molecule has 1 heterocycles. The number of nitrogens with zero attached hydrogens (tertiary/aromatic N) is 1. The van der Waals surface area contributed by atoms with Crippen molar-refractivity contribution in [2.75, 3.05) is 19.6 Å². The maximum Gasteiger partial charge on any atom is 0.279 e. The van der Waals surface area contributed by atoms with Crippen molar-refractivity contribution in [1.82, 2.24) is 9.03 Å². The van der Waals surface area contributed by atoms with Crippen LogP contribution in [0.4, 0.5) is 0 Å². The Morgan fingerprint density at radius 1 is 1.36 bits per heavy atom. The summed E-state index contributed by atoms with van der Waals surface area (Å²) in [7, 11) is -3.29. The molecule has 1 aliphatic rings. The maximum atomic E-state index is 11.7. The zero-order chi connectivity index (χ0) is 10.6. The Labute approximate surface area is 85.8 Å². The topological polar surface area (TPSA) is 75.4 Å². The second kappa shape index (κ2) is 5.06. The lowest BCUT2D eigenvalue weighted by molar-refractivity contribution is 0.339. The third-order valence-electron chi connectivity index (χ3n) is 2.36. The van der Waals surface area contributed by atoms with E-state index in [1.807, 2.05) is 0 Å². The summed E-state index contributed by atoms with van der Waals surface area (Å²) >= 11 is 0. The van der Waals surface area contributed by atoms with E-state index >= 15 is 0 Å². The van der Waals surface area contributed by atoms with E-state index in [1.165, 1.54) is 4.31 Å². The molecule has 0 spiro atoms. The van der Waals surface area contributed by atoms with Crippen molar-refractivity contribution in [2.24, 2.45) is 5.73 Å². The van der Waals surface area contributed by atoms with Crippen molar-refractivity contribution in [2.45, 2.75) is 32.2 Å². The molecule has 0 aliphatic carbocycles. The number of hydrogen-bond acceptors (Lipinski definition) is 3. The molecule has 5 nitrogen and oxygen atoms in total. The molecule has 1 rings (SSSR count). The van der Waals surface area contributed by atoms with Gasteiger partial charge < -0.3 is 5.73 Å². The van der Waals surface area contributed by atoms with Gasteiger partial charge in [0.2, 0.25) is 0 Å². The lowest BCUT2D eigenvalue weighted by atomic mass is 10.2. The highest BCUT2D eigenvalue weighted by Gasteiger charge is 2.24. The summed E-state index contributed by atoms with van der Waals surface area (Å²) in [6.45, 7) is 3.35. The van der Waals surface area contributed by atoms with Crippen molar-refractivity contribution in [3.05, 3.63) is 0 Å². The fraction of sp³-hybridized carbons (Fsp3) is 1.00. The van der Waals surface area contributed by atoms with Gasteiger partial charge in [0.1, 0.15) is 0 Å². The summed E-state index contributed by atoms with van der Waals surface area (Å²) < 4.78 is 27.5. The predicted octanol–water partition coefficient (Wildman–Crippen LogP) is -0.346. The molecule has 1 aliphatic heterocycles. The highest BCUT2D eigenvalue weighted by atomic mass is 32.2. The van der Waals surface area contributed by atoms with E-state index in [4.69, 9.17) is 5.73 Å². The highest BCUT2D eigenvalue weighted by Crippen LogP contribution is 2.11. The van der Waals surface area contributed by atoms with E-state index in [-0.39, 0.29) is 6.04 Å². The fourth-order valence-corrected chi connectivity index (χ4v) is 2.97. The van der Waals surface area contributed by atoms with Gasteiger partial charge in [-0.05, 0) is 19.8 Å². The second-order valence-electron chi connectivity index (χ2n) is 3.72. The third-order valence-corrected chi connectivity index (χ3v) is 4.10. The number of rotatable bonds is 4. The van der Waals surface area contributed by atoms with Gasteiger partial charge in [-0.25, -0.2) is 0 Å². The van der Waals surface area contributed by atoms with Crippen LogP contribution in [0.15, 0.2) is 0 Å². The first-order chi connectivity index (χ1) is 6.56. The van der Waals surface area contributed by atoms with Crippen LogP contribution in [0.1, 0.15) is 26.2 Å². The molecular formula is C8H19N3O2S. The maximum absolute atomic E-state index is 11.7. The van der Waals surface area contributed by atoms with Crippen molar-refractivity contribution in [3.8, 4) is 0 Å². The monoisotopic (exact) mass is 221 g/mol. The van der Waals surface area contributed by atoms with E-state index in [9.17, 15) is 8.42 Å². The third kappa shape index (κ3) is 3.20. The van der Waals surface area contributed by atoms with Crippen LogP contribution in [0.2, 0.25) is 0 Å². The molecule has 6 heteroatoms. The van der Waals surface area contributed by atoms with E-state index in [0.29, 0.717) is 19.6 Å². The van der Waals surface area contributed by atoms with Crippen molar-refractivity contribution >= 4 is 10.2 Å². The molecule has 3 N–H and O–H groups in total. The smallest absolute Gasteiger partial charge is 0.279 e. The average molecular weight is 221 g/mol. The fourth-order valence-electron chi connectivity index (χ4n) is 1.48. The minimum absolute atomic E-state index is 0.193. The summed E-state index contributed by atoms with van der Waals surface area (Å²) in [4.78, 5) is 0. The first-order valence-electron chi connectivity index (χ1n) is 5.04. The molecule has 1 saturated heterocycles. The zero-order valence-corrected chi connectivity index (χ0v) is 9.39. The van der Waals surface area contributed by atoms with E-state index in [0.717, 1.165) is 19.3 Å². The zero-order valence-electron chi connectivity index (χ0n) is 8.57. The average Bonchev–Trinajstić information content (AvgIpc) is 2.18. The van der Waals surface area contributed by atoms with Crippen LogP contribution < -0.4 is 10.5 Å². The lowest BCUT2D eigenvalue weighted by Gasteiger charge is -2.27. The van der Waals surface area contributed by atoms with Crippen LogP contribution in [-0.4, -0.2) is 38.4 Å². The van der Waals surface area contributed by atoms with E-state index < -0.39 is 10.2 Å². The lowest BCUT2D eigenvalue weighted by Crippen LogP contribution is -2.48. The van der Waals surface area contributed by atoms with E-state index in [2.05, 4.69) is 4.72 Å². The van der Waals surface area contributed by atoms with Gasteiger partial charge >= 0.3 is 0 Å². The van der Waals surface area contributed by atoms with Gasteiger partial charge in [0.15, 0.2) is 0 Å². The van der Waals surface area contributed by atoms with Crippen molar-refractivity contribution < 1.29 is 8.42 Å². The molecule has 1 unspecified atom stereocenters. The molecule has 0 aromatic heterocycles. The standard InChI is InChI=1S/C8H19N3O2S/c1-8(7-9)10-14(12,13)11-5-3-2-4-6-11/h8,10H,2-7,9H2,1H3. The summed E-state index contributed by atoms with van der Waals surface area (Å²) in [6.07, 6.45) is 3.04. The van der Waals surface area contributed by atoms with Gasteiger partial charge in [0.05, 0.1) is 0 Å². The molecule has 84 valence electrons. The second-order valence-corrected chi connectivity index (χ2v) is 5.42. The van der Waals surface area contributed by atoms with Crippen LogP contribution in [0.25, 0.3) is 0 Å². The Morgan fingerprint density at radius 3 is 2.43 bits per heavy atom. The molecular weight excluding hydrogens is 202 g/mol. The van der Waals surface area contributed by atoms with E-state index in [1.54, 1.807) is 6.92 Å². The Balaban J connectivity index is 2.54. The number of hydrogen-bond donors (Lipinski definition) is 2. The SMILES string of the molecule is CC(CN)NS(=O)(=O)N1CCCCC1. The molecule has 0 aromatic rings. The number of nitrogens with two attached hydrogens (primary N) is 1. The molecule has 1 atom stereocenters. The predicted molar refractivity (Wildman–Crippen MR) is 56.0 cm³/mol. The van der Waals surface area contributed by atoms with Crippen LogP contribution in [0, 0.1) is 0 Å². The summed E-state index contributed by atoms with van der Waals surface area (Å²) in [5, 5.41) is 0. The summed E-state index contributed by atoms with van der Waals surface area (Å²) in [5.41, 5.74) is 5.36. The molecule has 0 radical (unpaired) electrons. The van der Waals surface area contributed by atoms with Gasteiger partial charge in [0, 0.05) is 25.7 Å². The quantitative estimate of drug-likeness (QED) is 0.681. The molecule has 14 heavy (non-hydrogen) atoms. The minimum atomic E-state index is -3.29. The molecule has 0 aromatic carbocycles. The first-order valence-corrected chi connectivity index (χ1v) is 6.48. The normalized spacial score (nSPS) is 22.1. The largest absolute Gasteiger partial charge is 0.329 e. The minimum Gasteiger partial charge on any atom is -0.329 e. The van der Waals surface area contributed by atoms with Gasteiger partial charge in [-0.2, -0.15) is 17.4 Å². The van der Waals surface area contributed by atoms with Crippen LogP contribution in [0.5, 0.6) is 0 Å². The molecule has 0 saturated carbocycles. The molecule has 1 fully saturated rings. The van der Waals surface area contributed by atoms with Crippen molar-refractivity contribution in [1.29, 1.82) is 0 Å². The van der Waals surface area contributed by atoms with Gasteiger partial charge in [-0.15, -0.1) is 0 Å². The molecule has 0 bridgehead atoms. The van der Waals surface area contributed by atoms with Crippen molar-refractivity contribution in [3.63, 3.8) is 0 Å². The van der Waals surface area contributed by atoms with Crippen LogP contribution >= 0.6 is 0 Å². The Kier molecular flexibility index (Phi) is 4.31. The van der Waals surface area contributed by atoms with Crippen LogP contribution in [0.3, 0.4) is 0 Å². The number of nitrogens with one attached hydrogen (secondary N) is 1. The first kappa shape index (κ1) is 11.9. The van der Waals surface area contributed by atoms with Crippen LogP contribution in [-0.2, 0) is 10.2 Å². The summed E-state index contributed by atoms with van der Waals surface area (Å²) in [5.74, 6) is 0. The van der Waals surface area contributed by atoms with Gasteiger partial charge in [0.25, 0.3) is 10.2 Å². The van der Waals surface area contributed by atoms with Gasteiger partial charge in [-0.3, -0.25) is 0 Å². The van der Waals surface area contributed by atoms with Gasteiger partial charge in [-0.1, -0.05) is 6.42 Å². The highest BCUT2D eigenvalue weighted by molar-refractivity contribution is 7.87.